The topological polar surface area (TPSA) is 87.7 Å². The van der Waals surface area contributed by atoms with Crippen molar-refractivity contribution >= 4 is 12.0 Å². The molecule has 0 radical (unpaired) electrons. The number of halogens is 1. The molecule has 6 nitrogen and oxygen atoms in total. The number of urea groups is 1. The number of benzene rings is 1. The minimum Gasteiger partial charge on any atom is -0.496 e. The van der Waals surface area contributed by atoms with Gasteiger partial charge in [0.25, 0.3) is 0 Å². The zero-order valence-corrected chi connectivity index (χ0v) is 10.4. The van der Waals surface area contributed by atoms with Crippen LogP contribution < -0.4 is 15.4 Å². The highest BCUT2D eigenvalue weighted by Crippen LogP contribution is 2.18. The number of carboxylic acids is 1. The lowest BCUT2D eigenvalue weighted by atomic mass is 10.2. The Kier molecular flexibility index (Phi) is 5.59. The van der Waals surface area contributed by atoms with Crippen molar-refractivity contribution < 1.29 is 23.8 Å². The molecule has 0 fully saturated rings. The largest absolute Gasteiger partial charge is 0.496 e. The van der Waals surface area contributed by atoms with Gasteiger partial charge in [0.15, 0.2) is 0 Å². The molecule has 0 saturated carbocycles. The summed E-state index contributed by atoms with van der Waals surface area (Å²) in [5.41, 5.74) is 0.496. The van der Waals surface area contributed by atoms with Crippen LogP contribution in [0.15, 0.2) is 18.2 Å². The molecule has 0 bridgehead atoms. The van der Waals surface area contributed by atoms with Gasteiger partial charge in [0, 0.05) is 18.7 Å². The molecule has 0 aromatic heterocycles. The van der Waals surface area contributed by atoms with Crippen LogP contribution in [0.2, 0.25) is 0 Å². The zero-order valence-electron chi connectivity index (χ0n) is 10.4. The quantitative estimate of drug-likeness (QED) is 0.722. The third-order valence-electron chi connectivity index (χ3n) is 2.31. The van der Waals surface area contributed by atoms with Crippen molar-refractivity contribution in [3.8, 4) is 5.75 Å². The molecule has 1 rings (SSSR count). The molecule has 0 aliphatic carbocycles. The van der Waals surface area contributed by atoms with E-state index in [1.165, 1.54) is 25.3 Å². The minimum atomic E-state index is -0.993. The van der Waals surface area contributed by atoms with Gasteiger partial charge in [-0.25, -0.2) is 9.18 Å². The Morgan fingerprint density at radius 3 is 2.74 bits per heavy atom. The lowest BCUT2D eigenvalue weighted by Crippen LogP contribution is -2.36. The summed E-state index contributed by atoms with van der Waals surface area (Å²) in [4.78, 5) is 21.6. The smallest absolute Gasteiger partial charge is 0.315 e. The van der Waals surface area contributed by atoms with E-state index < -0.39 is 17.8 Å². The summed E-state index contributed by atoms with van der Waals surface area (Å²) in [6.07, 6.45) is -0.156. The van der Waals surface area contributed by atoms with Crippen LogP contribution in [-0.2, 0) is 11.3 Å². The van der Waals surface area contributed by atoms with Gasteiger partial charge in [0.2, 0.25) is 0 Å². The highest BCUT2D eigenvalue weighted by Gasteiger charge is 2.07. The fourth-order valence-corrected chi connectivity index (χ4v) is 1.41. The van der Waals surface area contributed by atoms with E-state index in [9.17, 15) is 14.0 Å². The number of ether oxygens (including phenoxy) is 1. The van der Waals surface area contributed by atoms with E-state index in [0.29, 0.717) is 11.3 Å². The monoisotopic (exact) mass is 270 g/mol. The van der Waals surface area contributed by atoms with E-state index in [-0.39, 0.29) is 19.5 Å². The molecule has 0 heterocycles. The number of rotatable bonds is 6. The molecule has 2 amide bonds. The van der Waals surface area contributed by atoms with Crippen LogP contribution >= 0.6 is 0 Å². The molecule has 0 atom stereocenters. The van der Waals surface area contributed by atoms with Crippen molar-refractivity contribution in [2.45, 2.75) is 13.0 Å². The SMILES string of the molecule is COc1ccc(F)cc1CNC(=O)NCCC(=O)O. The van der Waals surface area contributed by atoms with Crippen LogP contribution in [0.5, 0.6) is 5.75 Å². The van der Waals surface area contributed by atoms with Gasteiger partial charge >= 0.3 is 12.0 Å². The van der Waals surface area contributed by atoms with Crippen molar-refractivity contribution in [3.05, 3.63) is 29.6 Å². The average Bonchev–Trinajstić information content (AvgIpc) is 2.36. The lowest BCUT2D eigenvalue weighted by Gasteiger charge is -2.10. The highest BCUT2D eigenvalue weighted by molar-refractivity contribution is 5.75. The number of hydrogen-bond donors (Lipinski definition) is 3. The number of hydrogen-bond acceptors (Lipinski definition) is 3. The molecule has 1 aromatic rings. The Balaban J connectivity index is 2.45. The first-order valence-electron chi connectivity index (χ1n) is 5.59. The van der Waals surface area contributed by atoms with Crippen LogP contribution in [0.4, 0.5) is 9.18 Å². The van der Waals surface area contributed by atoms with Crippen LogP contribution in [0.25, 0.3) is 0 Å². The van der Waals surface area contributed by atoms with Crippen LogP contribution in [0.3, 0.4) is 0 Å². The fraction of sp³-hybridized carbons (Fsp3) is 0.333. The fourth-order valence-electron chi connectivity index (χ4n) is 1.41. The van der Waals surface area contributed by atoms with Gasteiger partial charge in [-0.15, -0.1) is 0 Å². The maximum atomic E-state index is 13.1. The number of aliphatic carboxylic acids is 1. The van der Waals surface area contributed by atoms with Gasteiger partial charge in [0.05, 0.1) is 13.5 Å². The van der Waals surface area contributed by atoms with E-state index in [2.05, 4.69) is 10.6 Å². The Labute approximate surface area is 109 Å². The molecular formula is C12H15FN2O4. The van der Waals surface area contributed by atoms with E-state index in [0.717, 1.165) is 0 Å². The molecule has 1 aromatic carbocycles. The number of amides is 2. The van der Waals surface area contributed by atoms with E-state index in [1.807, 2.05) is 0 Å². The van der Waals surface area contributed by atoms with Crippen molar-refractivity contribution in [3.63, 3.8) is 0 Å². The number of carboxylic acid groups (broad SMARTS) is 1. The summed E-state index contributed by atoms with van der Waals surface area (Å²) in [5, 5.41) is 13.3. The number of carbonyl (C=O) groups is 2. The minimum absolute atomic E-state index is 0.0292. The maximum absolute atomic E-state index is 13.1. The summed E-state index contributed by atoms with van der Waals surface area (Å²) < 4.78 is 18.1. The van der Waals surface area contributed by atoms with Crippen LogP contribution in [0, 0.1) is 5.82 Å². The van der Waals surface area contributed by atoms with Crippen LogP contribution in [-0.4, -0.2) is 30.8 Å². The third kappa shape index (κ3) is 5.24. The summed E-state index contributed by atoms with van der Waals surface area (Å²) in [7, 11) is 1.45. The average molecular weight is 270 g/mol. The van der Waals surface area contributed by atoms with Gasteiger partial charge in [0.1, 0.15) is 11.6 Å². The first-order valence-corrected chi connectivity index (χ1v) is 5.59. The normalized spacial score (nSPS) is 9.79. The Morgan fingerprint density at radius 1 is 1.37 bits per heavy atom. The predicted octanol–water partition coefficient (Wildman–Crippen LogP) is 1.11. The molecular weight excluding hydrogens is 255 g/mol. The van der Waals surface area contributed by atoms with E-state index in [4.69, 9.17) is 9.84 Å². The number of methoxy groups -OCH3 is 1. The second-order valence-corrected chi connectivity index (χ2v) is 3.71. The van der Waals surface area contributed by atoms with Crippen molar-refractivity contribution in [2.75, 3.05) is 13.7 Å². The molecule has 19 heavy (non-hydrogen) atoms. The van der Waals surface area contributed by atoms with Crippen molar-refractivity contribution in [1.29, 1.82) is 0 Å². The standard InChI is InChI=1S/C12H15FN2O4/c1-19-10-3-2-9(13)6-8(10)7-15-12(18)14-5-4-11(16)17/h2-3,6H,4-5,7H2,1H3,(H,16,17)(H2,14,15,18). The zero-order chi connectivity index (χ0) is 14.3. The van der Waals surface area contributed by atoms with Crippen LogP contribution in [0.1, 0.15) is 12.0 Å². The van der Waals surface area contributed by atoms with Gasteiger partial charge in [-0.1, -0.05) is 0 Å². The first-order chi connectivity index (χ1) is 9.02. The highest BCUT2D eigenvalue weighted by atomic mass is 19.1. The molecule has 0 saturated heterocycles. The van der Waals surface area contributed by atoms with Crippen molar-refractivity contribution in [1.82, 2.24) is 10.6 Å². The van der Waals surface area contributed by atoms with Gasteiger partial charge < -0.3 is 20.5 Å². The van der Waals surface area contributed by atoms with Crippen molar-refractivity contribution in [2.24, 2.45) is 0 Å². The number of nitrogens with one attached hydrogen (secondary N) is 2. The molecule has 0 aliphatic rings. The lowest BCUT2D eigenvalue weighted by molar-refractivity contribution is -0.136. The summed E-state index contributed by atoms with van der Waals surface area (Å²) in [6.45, 7) is 0.112. The number of carbonyl (C=O) groups excluding carboxylic acids is 1. The molecule has 7 heteroatoms. The second kappa shape index (κ2) is 7.20. The van der Waals surface area contributed by atoms with E-state index in [1.54, 1.807) is 0 Å². The van der Waals surface area contributed by atoms with E-state index >= 15 is 0 Å². The Hall–Kier alpha value is -2.31. The van der Waals surface area contributed by atoms with Gasteiger partial charge in [-0.3, -0.25) is 4.79 Å². The van der Waals surface area contributed by atoms with Gasteiger partial charge in [-0.2, -0.15) is 0 Å². The summed E-state index contributed by atoms with van der Waals surface area (Å²) in [6, 6.07) is 3.47. The molecule has 0 aliphatic heterocycles. The third-order valence-corrected chi connectivity index (χ3v) is 2.31. The molecule has 0 spiro atoms. The first kappa shape index (κ1) is 14.7. The molecule has 3 N–H and O–H groups in total. The Bertz CT molecular complexity index is 465. The Morgan fingerprint density at radius 2 is 2.11 bits per heavy atom. The molecule has 104 valence electrons. The predicted molar refractivity (Wildman–Crippen MR) is 65.4 cm³/mol. The maximum Gasteiger partial charge on any atom is 0.315 e. The van der Waals surface area contributed by atoms with Gasteiger partial charge in [-0.05, 0) is 18.2 Å². The summed E-state index contributed by atoms with van der Waals surface area (Å²) in [5.74, 6) is -0.955. The second-order valence-electron chi connectivity index (χ2n) is 3.71. The molecule has 0 unspecified atom stereocenters. The summed E-state index contributed by atoms with van der Waals surface area (Å²) >= 11 is 0.